The average Bonchev–Trinajstić information content (AvgIpc) is 2.89. The predicted octanol–water partition coefficient (Wildman–Crippen LogP) is 2.73. The van der Waals surface area contributed by atoms with Crippen LogP contribution >= 0.6 is 0 Å². The van der Waals surface area contributed by atoms with E-state index in [4.69, 9.17) is 4.42 Å². The molecule has 1 aliphatic rings. The number of carbonyl (C=O) groups is 1. The number of aliphatic hydroxyl groups is 1. The van der Waals surface area contributed by atoms with Gasteiger partial charge in [-0.05, 0) is 44.4 Å². The normalized spacial score (nSPS) is 19.5. The molecule has 1 fully saturated rings. The maximum atomic E-state index is 12.5. The maximum absolute atomic E-state index is 12.5. The second-order valence-corrected chi connectivity index (χ2v) is 5.48. The molecule has 1 N–H and O–H groups in total. The van der Waals surface area contributed by atoms with Crippen LogP contribution in [0.5, 0.6) is 0 Å². The standard InChI is InChI=1S/C16H19NO3/c1-11-5-6-14-12(8-11)9-15(20-14)16(19)17-7-3-2-4-13(17)10-18/h5-6,8-9,13,18H,2-4,7,10H2,1H3. The topological polar surface area (TPSA) is 53.7 Å². The first-order chi connectivity index (χ1) is 9.69. The Morgan fingerprint density at radius 3 is 3.05 bits per heavy atom. The van der Waals surface area contributed by atoms with Crippen molar-refractivity contribution in [2.75, 3.05) is 13.2 Å². The molecule has 2 aromatic rings. The van der Waals surface area contributed by atoms with E-state index in [1.807, 2.05) is 25.1 Å². The van der Waals surface area contributed by atoms with Gasteiger partial charge in [-0.2, -0.15) is 0 Å². The van der Waals surface area contributed by atoms with Crippen molar-refractivity contribution >= 4 is 16.9 Å². The SMILES string of the molecule is Cc1ccc2oc(C(=O)N3CCCCC3CO)cc2c1. The van der Waals surface area contributed by atoms with E-state index in [1.54, 1.807) is 11.0 Å². The van der Waals surface area contributed by atoms with Gasteiger partial charge in [-0.15, -0.1) is 0 Å². The van der Waals surface area contributed by atoms with Crippen molar-refractivity contribution in [1.82, 2.24) is 4.90 Å². The summed E-state index contributed by atoms with van der Waals surface area (Å²) in [5, 5.41) is 10.4. The number of carbonyl (C=O) groups excluding carboxylic acids is 1. The molecule has 3 rings (SSSR count). The van der Waals surface area contributed by atoms with Crippen molar-refractivity contribution in [2.45, 2.75) is 32.2 Å². The largest absolute Gasteiger partial charge is 0.451 e. The van der Waals surface area contributed by atoms with E-state index in [1.165, 1.54) is 0 Å². The molecule has 1 aromatic heterocycles. The Bertz CT molecular complexity index is 632. The molecule has 1 amide bonds. The summed E-state index contributed by atoms with van der Waals surface area (Å²) >= 11 is 0. The molecule has 0 radical (unpaired) electrons. The Kier molecular flexibility index (Phi) is 3.49. The van der Waals surface area contributed by atoms with Crippen LogP contribution in [-0.4, -0.2) is 35.1 Å². The maximum Gasteiger partial charge on any atom is 0.289 e. The van der Waals surface area contributed by atoms with Gasteiger partial charge in [0.15, 0.2) is 5.76 Å². The van der Waals surface area contributed by atoms with Crippen LogP contribution in [0.4, 0.5) is 0 Å². The van der Waals surface area contributed by atoms with Crippen LogP contribution in [-0.2, 0) is 0 Å². The van der Waals surface area contributed by atoms with Gasteiger partial charge in [0.25, 0.3) is 5.91 Å². The highest BCUT2D eigenvalue weighted by atomic mass is 16.3. The van der Waals surface area contributed by atoms with Gasteiger partial charge < -0.3 is 14.4 Å². The lowest BCUT2D eigenvalue weighted by Crippen LogP contribution is -2.45. The lowest BCUT2D eigenvalue weighted by atomic mass is 10.0. The van der Waals surface area contributed by atoms with E-state index >= 15 is 0 Å². The fraction of sp³-hybridized carbons (Fsp3) is 0.438. The first kappa shape index (κ1) is 13.2. The van der Waals surface area contributed by atoms with Gasteiger partial charge >= 0.3 is 0 Å². The zero-order valence-corrected chi connectivity index (χ0v) is 11.6. The van der Waals surface area contributed by atoms with Crippen molar-refractivity contribution < 1.29 is 14.3 Å². The summed E-state index contributed by atoms with van der Waals surface area (Å²) in [4.78, 5) is 14.3. The molecule has 4 nitrogen and oxygen atoms in total. The number of nitrogens with zero attached hydrogens (tertiary/aromatic N) is 1. The Morgan fingerprint density at radius 2 is 2.25 bits per heavy atom. The number of hydrogen-bond acceptors (Lipinski definition) is 3. The van der Waals surface area contributed by atoms with Crippen molar-refractivity contribution in [3.63, 3.8) is 0 Å². The van der Waals surface area contributed by atoms with Crippen LogP contribution in [0, 0.1) is 6.92 Å². The molecule has 1 atom stereocenters. The zero-order chi connectivity index (χ0) is 14.1. The number of aryl methyl sites for hydroxylation is 1. The number of aliphatic hydroxyl groups excluding tert-OH is 1. The van der Waals surface area contributed by atoms with Crippen molar-refractivity contribution in [3.05, 3.63) is 35.6 Å². The van der Waals surface area contributed by atoms with Gasteiger partial charge in [-0.3, -0.25) is 4.79 Å². The first-order valence-electron chi connectivity index (χ1n) is 7.11. The van der Waals surface area contributed by atoms with E-state index in [2.05, 4.69) is 0 Å². The van der Waals surface area contributed by atoms with E-state index in [9.17, 15) is 9.90 Å². The molecule has 0 aliphatic carbocycles. The van der Waals surface area contributed by atoms with E-state index < -0.39 is 0 Å². The summed E-state index contributed by atoms with van der Waals surface area (Å²) in [6.45, 7) is 2.73. The quantitative estimate of drug-likeness (QED) is 0.915. The number of hydrogen-bond donors (Lipinski definition) is 1. The van der Waals surface area contributed by atoms with Crippen molar-refractivity contribution in [2.24, 2.45) is 0 Å². The summed E-state index contributed by atoms with van der Waals surface area (Å²) < 4.78 is 5.66. The van der Waals surface area contributed by atoms with Gasteiger partial charge in [0.2, 0.25) is 0 Å². The molecule has 106 valence electrons. The number of rotatable bonds is 2. The molecule has 1 unspecified atom stereocenters. The average molecular weight is 273 g/mol. The molecule has 2 heterocycles. The molecular weight excluding hydrogens is 254 g/mol. The number of amides is 1. The third-order valence-corrected chi connectivity index (χ3v) is 3.98. The van der Waals surface area contributed by atoms with Gasteiger partial charge in [-0.1, -0.05) is 11.6 Å². The molecule has 0 saturated carbocycles. The molecule has 1 saturated heterocycles. The summed E-state index contributed by atoms with van der Waals surface area (Å²) in [6.07, 6.45) is 2.91. The van der Waals surface area contributed by atoms with Gasteiger partial charge in [0.1, 0.15) is 5.58 Å². The van der Waals surface area contributed by atoms with Gasteiger partial charge in [0, 0.05) is 11.9 Å². The van der Waals surface area contributed by atoms with Crippen LogP contribution in [0.2, 0.25) is 0 Å². The third kappa shape index (κ3) is 2.31. The minimum atomic E-state index is -0.113. The number of piperidine rings is 1. The highest BCUT2D eigenvalue weighted by Crippen LogP contribution is 2.24. The van der Waals surface area contributed by atoms with Crippen LogP contribution in [0.25, 0.3) is 11.0 Å². The van der Waals surface area contributed by atoms with Gasteiger partial charge in [0.05, 0.1) is 12.6 Å². The monoisotopic (exact) mass is 273 g/mol. The number of fused-ring (bicyclic) bond motifs is 1. The Hall–Kier alpha value is -1.81. The first-order valence-corrected chi connectivity index (χ1v) is 7.11. The Balaban J connectivity index is 1.91. The third-order valence-electron chi connectivity index (χ3n) is 3.98. The summed E-state index contributed by atoms with van der Waals surface area (Å²) in [6, 6.07) is 7.59. The van der Waals surface area contributed by atoms with Crippen LogP contribution in [0.15, 0.2) is 28.7 Å². The molecule has 0 spiro atoms. The molecular formula is C16H19NO3. The lowest BCUT2D eigenvalue weighted by Gasteiger charge is -2.33. The smallest absolute Gasteiger partial charge is 0.289 e. The summed E-state index contributed by atoms with van der Waals surface area (Å²) in [5.74, 6) is 0.253. The van der Waals surface area contributed by atoms with Crippen molar-refractivity contribution in [3.8, 4) is 0 Å². The Labute approximate surface area is 118 Å². The van der Waals surface area contributed by atoms with Gasteiger partial charge in [-0.25, -0.2) is 0 Å². The molecule has 1 aliphatic heterocycles. The number of likely N-dealkylation sites (tertiary alicyclic amines) is 1. The second-order valence-electron chi connectivity index (χ2n) is 5.48. The van der Waals surface area contributed by atoms with E-state index in [0.29, 0.717) is 12.3 Å². The fourth-order valence-corrected chi connectivity index (χ4v) is 2.87. The fourth-order valence-electron chi connectivity index (χ4n) is 2.87. The summed E-state index contributed by atoms with van der Waals surface area (Å²) in [7, 11) is 0. The van der Waals surface area contributed by atoms with Crippen molar-refractivity contribution in [1.29, 1.82) is 0 Å². The van der Waals surface area contributed by atoms with Crippen LogP contribution < -0.4 is 0 Å². The minimum absolute atomic E-state index is 0.0189. The number of furan rings is 1. The van der Waals surface area contributed by atoms with E-state index in [0.717, 1.165) is 35.8 Å². The molecule has 1 aromatic carbocycles. The predicted molar refractivity (Wildman–Crippen MR) is 76.7 cm³/mol. The minimum Gasteiger partial charge on any atom is -0.451 e. The number of benzene rings is 1. The Morgan fingerprint density at radius 1 is 1.40 bits per heavy atom. The van der Waals surface area contributed by atoms with Crippen LogP contribution in [0.3, 0.4) is 0 Å². The highest BCUT2D eigenvalue weighted by Gasteiger charge is 2.28. The second kappa shape index (κ2) is 5.29. The molecule has 20 heavy (non-hydrogen) atoms. The molecule has 0 bridgehead atoms. The zero-order valence-electron chi connectivity index (χ0n) is 11.6. The molecule has 4 heteroatoms. The lowest BCUT2D eigenvalue weighted by molar-refractivity contribution is 0.0475. The highest BCUT2D eigenvalue weighted by molar-refractivity contribution is 5.96. The summed E-state index contributed by atoms with van der Waals surface area (Å²) in [5.41, 5.74) is 1.88. The van der Waals surface area contributed by atoms with Crippen LogP contribution in [0.1, 0.15) is 35.4 Å². The van der Waals surface area contributed by atoms with E-state index in [-0.39, 0.29) is 18.6 Å².